The Hall–Kier alpha value is -3.31. The minimum absolute atomic E-state index is 0.213. The fourth-order valence-corrected chi connectivity index (χ4v) is 2.85. The van der Waals surface area contributed by atoms with Crippen LogP contribution in [0.15, 0.2) is 24.3 Å². The average molecular weight is 367 g/mol. The third-order valence-electron chi connectivity index (χ3n) is 4.39. The van der Waals surface area contributed by atoms with E-state index >= 15 is 0 Å². The second-order valence-electron chi connectivity index (χ2n) is 6.18. The van der Waals surface area contributed by atoms with Gasteiger partial charge in [-0.3, -0.25) is 9.59 Å². The van der Waals surface area contributed by atoms with E-state index in [2.05, 4.69) is 22.1 Å². The first-order valence-corrected chi connectivity index (χ1v) is 8.61. The predicted molar refractivity (Wildman–Crippen MR) is 101 cm³/mol. The van der Waals surface area contributed by atoms with Crippen molar-refractivity contribution in [1.82, 2.24) is 14.5 Å². The lowest BCUT2D eigenvalue weighted by molar-refractivity contribution is -0.135. The molecule has 140 valence electrons. The van der Waals surface area contributed by atoms with Gasteiger partial charge in [-0.05, 0) is 19.1 Å². The van der Waals surface area contributed by atoms with E-state index < -0.39 is 17.9 Å². The van der Waals surface area contributed by atoms with Crippen LogP contribution in [0.1, 0.15) is 23.1 Å². The number of anilines is 1. The number of hydrogen-bond donors (Lipinski definition) is 3. The van der Waals surface area contributed by atoms with E-state index in [0.29, 0.717) is 30.9 Å². The number of fused-ring (bicyclic) bond motifs is 1. The van der Waals surface area contributed by atoms with E-state index in [1.165, 1.54) is 4.90 Å². The number of aliphatic hydroxyl groups excluding tert-OH is 1. The van der Waals surface area contributed by atoms with Crippen molar-refractivity contribution in [3.63, 3.8) is 0 Å². The Balaban J connectivity index is 1.90. The van der Waals surface area contributed by atoms with Crippen molar-refractivity contribution in [2.45, 2.75) is 19.6 Å². The number of primary amides is 1. The number of imidazole rings is 1. The lowest BCUT2D eigenvalue weighted by atomic mass is 10.1. The van der Waals surface area contributed by atoms with E-state index in [1.54, 1.807) is 29.8 Å². The molecule has 8 nitrogen and oxygen atoms in total. The second kappa shape index (κ2) is 7.51. The number of benzene rings is 1. The molecule has 1 atom stereocenters. The van der Waals surface area contributed by atoms with Crippen molar-refractivity contribution in [2.24, 2.45) is 5.73 Å². The number of rotatable bonds is 4. The largest absolute Gasteiger partial charge is 0.372 e. The first-order chi connectivity index (χ1) is 12.9. The van der Waals surface area contributed by atoms with Crippen LogP contribution in [-0.2, 0) is 11.3 Å². The zero-order valence-electron chi connectivity index (χ0n) is 15.2. The quantitative estimate of drug-likeness (QED) is 0.671. The molecule has 0 fully saturated rings. The maximum atomic E-state index is 11.9. The smallest absolute Gasteiger partial charge is 0.284 e. The summed E-state index contributed by atoms with van der Waals surface area (Å²) in [6.07, 6.45) is -1.38. The summed E-state index contributed by atoms with van der Waals surface area (Å²) < 4.78 is 1.76. The van der Waals surface area contributed by atoms with Gasteiger partial charge in [0.15, 0.2) is 6.10 Å². The lowest BCUT2D eigenvalue weighted by Gasteiger charge is -2.15. The Kier molecular flexibility index (Phi) is 5.14. The van der Waals surface area contributed by atoms with Crippen LogP contribution in [0.25, 0.3) is 11.3 Å². The minimum Gasteiger partial charge on any atom is -0.372 e. The number of likely N-dealkylation sites (N-methyl/N-ethyl adjacent to an activating group) is 1. The van der Waals surface area contributed by atoms with Crippen LogP contribution >= 0.6 is 0 Å². The van der Waals surface area contributed by atoms with Gasteiger partial charge < -0.3 is 25.6 Å². The Morgan fingerprint density at radius 3 is 2.96 bits per heavy atom. The molecule has 1 aromatic carbocycles. The maximum Gasteiger partial charge on any atom is 0.284 e. The molecule has 2 aromatic rings. The number of carbonyl (C=O) groups is 2. The molecular formula is C19H21N5O3. The van der Waals surface area contributed by atoms with Crippen LogP contribution in [0, 0.1) is 11.8 Å². The highest BCUT2D eigenvalue weighted by Crippen LogP contribution is 2.31. The molecular weight excluding hydrogens is 346 g/mol. The van der Waals surface area contributed by atoms with Crippen LogP contribution in [0.2, 0.25) is 0 Å². The normalized spacial score (nSPS) is 13.1. The first kappa shape index (κ1) is 18.5. The summed E-state index contributed by atoms with van der Waals surface area (Å²) in [5.74, 6) is 5.32. The summed E-state index contributed by atoms with van der Waals surface area (Å²) in [5.41, 5.74) is 7.42. The number of hydrogen-bond acceptors (Lipinski definition) is 5. The summed E-state index contributed by atoms with van der Waals surface area (Å²) >= 11 is 0. The predicted octanol–water partition coefficient (Wildman–Crippen LogP) is 0.265. The van der Waals surface area contributed by atoms with E-state index in [9.17, 15) is 14.7 Å². The Bertz CT molecular complexity index is 954. The van der Waals surface area contributed by atoms with Crippen LogP contribution in [0.5, 0.6) is 0 Å². The van der Waals surface area contributed by atoms with Crippen LogP contribution in [0.3, 0.4) is 0 Å². The summed E-state index contributed by atoms with van der Waals surface area (Å²) in [5, 5.41) is 13.1. The van der Waals surface area contributed by atoms with E-state index in [0.717, 1.165) is 11.4 Å². The minimum atomic E-state index is -1.38. The number of carbonyl (C=O) groups excluding carboxylic acids is 2. The molecule has 1 unspecified atom stereocenters. The van der Waals surface area contributed by atoms with Gasteiger partial charge in [0.1, 0.15) is 11.5 Å². The number of aromatic nitrogens is 2. The second-order valence-corrected chi connectivity index (χ2v) is 6.18. The lowest BCUT2D eigenvalue weighted by Crippen LogP contribution is -2.35. The highest BCUT2D eigenvalue weighted by Gasteiger charge is 2.24. The Labute approximate surface area is 157 Å². The van der Waals surface area contributed by atoms with E-state index in [-0.39, 0.29) is 5.82 Å². The molecule has 0 radical (unpaired) electrons. The van der Waals surface area contributed by atoms with Gasteiger partial charge in [-0.1, -0.05) is 24.0 Å². The molecule has 2 heterocycles. The molecule has 0 saturated carbocycles. The molecule has 4 N–H and O–H groups in total. The van der Waals surface area contributed by atoms with Crippen LogP contribution in [-0.4, -0.2) is 57.6 Å². The Morgan fingerprint density at radius 1 is 1.48 bits per heavy atom. The fraction of sp³-hybridized carbons (Fsp3) is 0.316. The summed E-state index contributed by atoms with van der Waals surface area (Å²) in [4.78, 5) is 29.3. The molecule has 3 rings (SSSR count). The van der Waals surface area contributed by atoms with E-state index in [1.807, 2.05) is 13.0 Å². The molecule has 1 aromatic heterocycles. The topological polar surface area (TPSA) is 113 Å². The number of nitrogens with one attached hydrogen (secondary N) is 1. The van der Waals surface area contributed by atoms with Gasteiger partial charge in [0.2, 0.25) is 5.82 Å². The van der Waals surface area contributed by atoms with E-state index in [4.69, 9.17) is 5.73 Å². The third-order valence-corrected chi connectivity index (χ3v) is 4.39. The Morgan fingerprint density at radius 2 is 2.26 bits per heavy atom. The summed E-state index contributed by atoms with van der Waals surface area (Å²) in [6, 6.07) is 7.22. The van der Waals surface area contributed by atoms with Gasteiger partial charge in [0.05, 0.1) is 0 Å². The highest BCUT2D eigenvalue weighted by atomic mass is 16.3. The molecule has 0 spiro atoms. The van der Waals surface area contributed by atoms with Crippen molar-refractivity contribution in [3.8, 4) is 23.1 Å². The first-order valence-electron chi connectivity index (χ1n) is 8.61. The van der Waals surface area contributed by atoms with Gasteiger partial charge in [-0.15, -0.1) is 0 Å². The maximum absolute atomic E-state index is 11.9. The van der Waals surface area contributed by atoms with Gasteiger partial charge in [-0.2, -0.15) is 0 Å². The van der Waals surface area contributed by atoms with Crippen molar-refractivity contribution in [3.05, 3.63) is 35.7 Å². The van der Waals surface area contributed by atoms with Crippen molar-refractivity contribution >= 4 is 17.6 Å². The number of nitrogens with zero attached hydrogens (tertiary/aromatic N) is 3. The van der Waals surface area contributed by atoms with Gasteiger partial charge in [0.25, 0.3) is 11.8 Å². The zero-order valence-corrected chi connectivity index (χ0v) is 15.2. The fourth-order valence-electron chi connectivity index (χ4n) is 2.85. The molecule has 0 saturated heterocycles. The SMILES string of the molecule is CCN(C)C(=O)C(O)C#Cc1cccc(-c2nc(C(N)=O)n3c2NCC3)c1. The number of aliphatic hydroxyl groups is 1. The molecule has 1 aliphatic rings. The summed E-state index contributed by atoms with van der Waals surface area (Å²) in [6.45, 7) is 3.64. The molecule has 0 aliphatic carbocycles. The monoisotopic (exact) mass is 367 g/mol. The van der Waals surface area contributed by atoms with Crippen LogP contribution < -0.4 is 11.1 Å². The molecule has 8 heteroatoms. The third kappa shape index (κ3) is 3.64. The van der Waals surface area contributed by atoms with Gasteiger partial charge in [0, 0.05) is 37.8 Å². The molecule has 27 heavy (non-hydrogen) atoms. The van der Waals surface area contributed by atoms with Crippen LogP contribution in [0.4, 0.5) is 5.82 Å². The highest BCUT2D eigenvalue weighted by molar-refractivity contribution is 5.92. The summed E-state index contributed by atoms with van der Waals surface area (Å²) in [7, 11) is 1.61. The van der Waals surface area contributed by atoms with Crippen molar-refractivity contribution < 1.29 is 14.7 Å². The number of amides is 2. The molecule has 0 bridgehead atoms. The van der Waals surface area contributed by atoms with Gasteiger partial charge >= 0.3 is 0 Å². The average Bonchev–Trinajstić information content (AvgIpc) is 3.27. The zero-order chi connectivity index (χ0) is 19.6. The van der Waals surface area contributed by atoms with Crippen molar-refractivity contribution in [1.29, 1.82) is 0 Å². The number of nitrogens with two attached hydrogens (primary N) is 1. The molecule has 1 aliphatic heterocycles. The van der Waals surface area contributed by atoms with Crippen molar-refractivity contribution in [2.75, 3.05) is 25.5 Å². The molecule has 2 amide bonds. The van der Waals surface area contributed by atoms with Gasteiger partial charge in [-0.25, -0.2) is 4.98 Å². The standard InChI is InChI=1S/C19H21N5O3/c1-3-23(2)19(27)14(25)8-7-12-5-4-6-13(11-12)15-17-21-9-10-24(17)18(22-15)16(20)26/h4-6,11,14,21,25H,3,9-10H2,1-2H3,(H2,20,26).